The Kier molecular flexibility index (Phi) is 2.24. The topological polar surface area (TPSA) is 112 Å². The summed E-state index contributed by atoms with van der Waals surface area (Å²) in [7, 11) is 0. The van der Waals surface area contributed by atoms with Crippen LogP contribution in [-0.4, -0.2) is 21.8 Å². The molecule has 0 aromatic carbocycles. The van der Waals surface area contributed by atoms with Crippen LogP contribution < -0.4 is 11.5 Å². The van der Waals surface area contributed by atoms with Crippen molar-refractivity contribution in [1.29, 1.82) is 0 Å². The predicted octanol–water partition coefficient (Wildman–Crippen LogP) is -0.172. The van der Waals surface area contributed by atoms with E-state index < -0.39 is 11.8 Å². The van der Waals surface area contributed by atoms with Crippen molar-refractivity contribution in [2.75, 3.05) is 0 Å². The minimum atomic E-state index is -0.727. The fourth-order valence-electron chi connectivity index (χ4n) is 1.39. The normalized spacial score (nSPS) is 10.2. The van der Waals surface area contributed by atoms with Gasteiger partial charge in [0.1, 0.15) is 5.69 Å². The molecule has 0 saturated carbocycles. The molecule has 0 fully saturated rings. The van der Waals surface area contributed by atoms with Crippen LogP contribution in [-0.2, 0) is 0 Å². The zero-order chi connectivity index (χ0) is 11.7. The third kappa shape index (κ3) is 1.56. The molecule has 0 saturated heterocycles. The number of aromatic nitrogens is 2. The molecule has 6 nitrogen and oxygen atoms in total. The highest BCUT2D eigenvalue weighted by molar-refractivity contribution is 6.07. The Bertz CT molecular complexity index is 594. The molecule has 0 spiro atoms. The van der Waals surface area contributed by atoms with Crippen LogP contribution in [0.5, 0.6) is 0 Å². The summed E-state index contributed by atoms with van der Waals surface area (Å²) >= 11 is 0. The van der Waals surface area contributed by atoms with E-state index in [0.29, 0.717) is 5.39 Å². The van der Waals surface area contributed by atoms with Gasteiger partial charge in [-0.3, -0.25) is 9.59 Å². The van der Waals surface area contributed by atoms with Crippen LogP contribution in [0.2, 0.25) is 0 Å². The lowest BCUT2D eigenvalue weighted by molar-refractivity contribution is 0.0995. The molecule has 2 heterocycles. The first-order valence-electron chi connectivity index (χ1n) is 4.45. The fourth-order valence-corrected chi connectivity index (χ4v) is 1.39. The molecule has 0 aliphatic rings. The molecule has 0 aliphatic carbocycles. The van der Waals surface area contributed by atoms with Gasteiger partial charge in [-0.05, 0) is 18.2 Å². The Morgan fingerprint density at radius 3 is 2.56 bits per heavy atom. The van der Waals surface area contributed by atoms with Crippen molar-refractivity contribution >= 4 is 22.8 Å². The maximum Gasteiger partial charge on any atom is 0.267 e. The van der Waals surface area contributed by atoms with Crippen molar-refractivity contribution in [3.63, 3.8) is 0 Å². The van der Waals surface area contributed by atoms with Crippen LogP contribution in [0.4, 0.5) is 0 Å². The smallest absolute Gasteiger partial charge is 0.267 e. The molecular weight excluding hydrogens is 208 g/mol. The van der Waals surface area contributed by atoms with E-state index in [1.54, 1.807) is 12.1 Å². The van der Waals surface area contributed by atoms with Gasteiger partial charge in [0.25, 0.3) is 5.91 Å². The van der Waals surface area contributed by atoms with Gasteiger partial charge < -0.3 is 11.5 Å². The highest BCUT2D eigenvalue weighted by atomic mass is 16.1. The number of primary amides is 2. The first-order valence-corrected chi connectivity index (χ1v) is 4.45. The molecular formula is C10H8N4O2. The van der Waals surface area contributed by atoms with Crippen LogP contribution in [0, 0.1) is 0 Å². The highest BCUT2D eigenvalue weighted by Crippen LogP contribution is 2.15. The van der Waals surface area contributed by atoms with E-state index in [1.807, 2.05) is 0 Å². The Morgan fingerprint density at radius 1 is 1.19 bits per heavy atom. The number of nitrogens with zero attached hydrogens (tertiary/aromatic N) is 2. The number of rotatable bonds is 2. The summed E-state index contributed by atoms with van der Waals surface area (Å²) in [6.45, 7) is 0. The lowest BCUT2D eigenvalue weighted by atomic mass is 10.1. The molecule has 6 heteroatoms. The van der Waals surface area contributed by atoms with Crippen molar-refractivity contribution in [2.45, 2.75) is 0 Å². The number of pyridine rings is 2. The lowest BCUT2D eigenvalue weighted by Gasteiger charge is -2.03. The average molecular weight is 216 g/mol. The number of carbonyl (C=O) groups excluding carboxylic acids is 2. The molecule has 2 rings (SSSR count). The number of hydrogen-bond donors (Lipinski definition) is 2. The summed E-state index contributed by atoms with van der Waals surface area (Å²) in [6.07, 6.45) is 1.50. The van der Waals surface area contributed by atoms with E-state index in [1.165, 1.54) is 12.3 Å². The standard InChI is InChI=1S/C10H8N4O2/c11-8(15)6-4-7(9(12)16)14-10-5(6)2-1-3-13-10/h1-4H,(H2,11,15)(H2,12,16). The Hall–Kier alpha value is -2.50. The Labute approximate surface area is 90.3 Å². The average Bonchev–Trinajstić information content (AvgIpc) is 2.27. The molecule has 16 heavy (non-hydrogen) atoms. The summed E-state index contributed by atoms with van der Waals surface area (Å²) in [5.41, 5.74) is 10.7. The van der Waals surface area contributed by atoms with Gasteiger partial charge >= 0.3 is 0 Å². The second kappa shape index (κ2) is 3.58. The third-order valence-electron chi connectivity index (χ3n) is 2.10. The van der Waals surface area contributed by atoms with E-state index in [2.05, 4.69) is 9.97 Å². The van der Waals surface area contributed by atoms with E-state index >= 15 is 0 Å². The molecule has 0 atom stereocenters. The van der Waals surface area contributed by atoms with Crippen LogP contribution in [0.1, 0.15) is 20.8 Å². The van der Waals surface area contributed by atoms with Crippen LogP contribution in [0.15, 0.2) is 24.4 Å². The maximum absolute atomic E-state index is 11.2. The Balaban J connectivity index is 2.84. The van der Waals surface area contributed by atoms with Gasteiger partial charge in [0.2, 0.25) is 5.91 Å². The number of fused-ring (bicyclic) bond motifs is 1. The summed E-state index contributed by atoms with van der Waals surface area (Å²) in [5.74, 6) is -1.38. The number of carbonyl (C=O) groups is 2. The monoisotopic (exact) mass is 216 g/mol. The Morgan fingerprint density at radius 2 is 1.94 bits per heavy atom. The van der Waals surface area contributed by atoms with Crippen molar-refractivity contribution in [3.05, 3.63) is 35.7 Å². The predicted molar refractivity (Wildman–Crippen MR) is 56.6 cm³/mol. The van der Waals surface area contributed by atoms with Crippen molar-refractivity contribution in [3.8, 4) is 0 Å². The quantitative estimate of drug-likeness (QED) is 0.725. The molecule has 80 valence electrons. The van der Waals surface area contributed by atoms with E-state index in [0.717, 1.165) is 0 Å². The first kappa shape index (κ1) is 10.0. The molecule has 4 N–H and O–H groups in total. The van der Waals surface area contributed by atoms with Gasteiger partial charge in [-0.2, -0.15) is 0 Å². The SMILES string of the molecule is NC(=O)c1cc(C(N)=O)c2cccnc2n1. The second-order valence-corrected chi connectivity index (χ2v) is 3.16. The molecule has 0 bridgehead atoms. The lowest BCUT2D eigenvalue weighted by Crippen LogP contribution is -2.17. The summed E-state index contributed by atoms with van der Waals surface area (Å²) in [4.78, 5) is 30.1. The van der Waals surface area contributed by atoms with Gasteiger partial charge in [-0.25, -0.2) is 9.97 Å². The summed E-state index contributed by atoms with van der Waals surface area (Å²) in [5, 5.41) is 0.500. The van der Waals surface area contributed by atoms with E-state index in [9.17, 15) is 9.59 Å². The minimum absolute atomic E-state index is 0.0278. The van der Waals surface area contributed by atoms with Crippen LogP contribution in [0.25, 0.3) is 11.0 Å². The third-order valence-corrected chi connectivity index (χ3v) is 2.10. The summed E-state index contributed by atoms with van der Waals surface area (Å²) in [6, 6.07) is 4.58. The fraction of sp³-hybridized carbons (Fsp3) is 0. The molecule has 0 radical (unpaired) electrons. The minimum Gasteiger partial charge on any atom is -0.366 e. The van der Waals surface area contributed by atoms with Crippen LogP contribution >= 0.6 is 0 Å². The zero-order valence-corrected chi connectivity index (χ0v) is 8.18. The summed E-state index contributed by atoms with van der Waals surface area (Å²) < 4.78 is 0. The first-order chi connectivity index (χ1) is 7.59. The van der Waals surface area contributed by atoms with Crippen molar-refractivity contribution in [2.24, 2.45) is 11.5 Å². The van der Waals surface area contributed by atoms with E-state index in [4.69, 9.17) is 11.5 Å². The van der Waals surface area contributed by atoms with Gasteiger partial charge in [-0.1, -0.05) is 0 Å². The largest absolute Gasteiger partial charge is 0.366 e. The van der Waals surface area contributed by atoms with Gasteiger partial charge in [-0.15, -0.1) is 0 Å². The molecule has 0 aliphatic heterocycles. The number of nitrogens with two attached hydrogens (primary N) is 2. The van der Waals surface area contributed by atoms with Crippen molar-refractivity contribution in [1.82, 2.24) is 9.97 Å². The second-order valence-electron chi connectivity index (χ2n) is 3.16. The number of hydrogen-bond acceptors (Lipinski definition) is 4. The zero-order valence-electron chi connectivity index (χ0n) is 8.18. The van der Waals surface area contributed by atoms with Crippen LogP contribution in [0.3, 0.4) is 0 Å². The molecule has 0 unspecified atom stereocenters. The maximum atomic E-state index is 11.2. The molecule has 2 aromatic heterocycles. The van der Waals surface area contributed by atoms with Gasteiger partial charge in [0, 0.05) is 11.6 Å². The van der Waals surface area contributed by atoms with E-state index in [-0.39, 0.29) is 16.9 Å². The number of amides is 2. The van der Waals surface area contributed by atoms with Crippen molar-refractivity contribution < 1.29 is 9.59 Å². The van der Waals surface area contributed by atoms with Gasteiger partial charge in [0.15, 0.2) is 5.65 Å². The molecule has 2 amide bonds. The van der Waals surface area contributed by atoms with Gasteiger partial charge in [0.05, 0.1) is 5.56 Å². The highest BCUT2D eigenvalue weighted by Gasteiger charge is 2.13. The molecule has 2 aromatic rings.